The highest BCUT2D eigenvalue weighted by atomic mass is 35.5. The van der Waals surface area contributed by atoms with Crippen LogP contribution in [0.4, 0.5) is 0 Å². The lowest BCUT2D eigenvalue weighted by Crippen LogP contribution is -2.07. The van der Waals surface area contributed by atoms with Gasteiger partial charge < -0.3 is 0 Å². The third-order valence-electron chi connectivity index (χ3n) is 1.83. The Kier molecular flexibility index (Phi) is 6.42. The van der Waals surface area contributed by atoms with Gasteiger partial charge in [0.05, 0.1) is 0 Å². The summed E-state index contributed by atoms with van der Waals surface area (Å²) in [6.45, 7) is 1.01. The minimum absolute atomic E-state index is 0.746. The van der Waals surface area contributed by atoms with Crippen LogP contribution in [0.3, 0.4) is 0 Å². The monoisotopic (exact) mass is 217 g/mol. The lowest BCUT2D eigenvalue weighted by Gasteiger charge is -2.06. The average Bonchev–Trinajstić information content (AvgIpc) is 2.19. The van der Waals surface area contributed by atoms with E-state index in [1.54, 1.807) is 11.9 Å². The first kappa shape index (κ1) is 11.2. The van der Waals surface area contributed by atoms with Crippen LogP contribution in [0.1, 0.15) is 19.3 Å². The third-order valence-corrected chi connectivity index (χ3v) is 2.98. The molecule has 0 bridgehead atoms. The number of nitrogens with one attached hydrogen (secondary N) is 1. The molecule has 74 valence electrons. The zero-order valence-electron chi connectivity index (χ0n) is 7.76. The molecule has 0 spiro atoms. The highest BCUT2D eigenvalue weighted by Crippen LogP contribution is 2.13. The van der Waals surface area contributed by atoms with E-state index >= 15 is 0 Å². The second kappa shape index (κ2) is 7.48. The van der Waals surface area contributed by atoms with Crippen LogP contribution >= 0.6 is 23.5 Å². The molecule has 0 heterocycles. The molecule has 1 rings (SSSR count). The molecule has 0 fully saturated rings. The molecule has 3 heteroatoms. The largest absolute Gasteiger partial charge is 0.264 e. The highest BCUT2D eigenvalue weighted by molar-refractivity contribution is 7.97. The summed E-state index contributed by atoms with van der Waals surface area (Å²) >= 11 is 7.33. The molecule has 1 nitrogen and oxygen atoms in total. The standard InChI is InChI=1S/C10H16ClNS/c11-7-4-8-12-13-9-10-5-2-1-3-6-10/h2,5-6,12H,1,3-4,7-9H2. The SMILES string of the molecule is ClCCCNSCC1=CCCC=C1. The fourth-order valence-corrected chi connectivity index (χ4v) is 2.03. The Bertz CT molecular complexity index is 189. The Morgan fingerprint density at radius 1 is 1.46 bits per heavy atom. The van der Waals surface area contributed by atoms with Gasteiger partial charge in [0.25, 0.3) is 0 Å². The van der Waals surface area contributed by atoms with Crippen molar-refractivity contribution in [3.8, 4) is 0 Å². The quantitative estimate of drug-likeness (QED) is 0.417. The molecule has 1 aliphatic carbocycles. The van der Waals surface area contributed by atoms with Gasteiger partial charge >= 0.3 is 0 Å². The summed E-state index contributed by atoms with van der Waals surface area (Å²) in [4.78, 5) is 0. The van der Waals surface area contributed by atoms with Gasteiger partial charge in [0.1, 0.15) is 0 Å². The van der Waals surface area contributed by atoms with E-state index < -0.39 is 0 Å². The molecule has 1 aliphatic rings. The molecule has 0 aromatic heterocycles. The number of rotatable bonds is 6. The van der Waals surface area contributed by atoms with E-state index in [9.17, 15) is 0 Å². The van der Waals surface area contributed by atoms with Crippen LogP contribution in [-0.4, -0.2) is 18.2 Å². The van der Waals surface area contributed by atoms with Crippen LogP contribution in [0.15, 0.2) is 23.8 Å². The molecule has 0 atom stereocenters. The van der Waals surface area contributed by atoms with Crippen LogP contribution in [0, 0.1) is 0 Å². The van der Waals surface area contributed by atoms with E-state index in [1.807, 2.05) is 0 Å². The summed E-state index contributed by atoms with van der Waals surface area (Å²) in [5.74, 6) is 1.81. The van der Waals surface area contributed by atoms with Gasteiger partial charge in [-0.25, -0.2) is 0 Å². The maximum absolute atomic E-state index is 5.56. The Morgan fingerprint density at radius 2 is 2.38 bits per heavy atom. The summed E-state index contributed by atoms with van der Waals surface area (Å²) in [5, 5.41) is 0. The molecule has 0 aromatic carbocycles. The molecule has 0 amide bonds. The molecule has 0 aliphatic heterocycles. The van der Waals surface area contributed by atoms with Gasteiger partial charge in [-0.1, -0.05) is 30.2 Å². The number of halogens is 1. The third kappa shape index (κ3) is 5.40. The molecular weight excluding hydrogens is 202 g/mol. The predicted molar refractivity (Wildman–Crippen MR) is 62.3 cm³/mol. The van der Waals surface area contributed by atoms with Crippen molar-refractivity contribution in [1.82, 2.24) is 4.72 Å². The van der Waals surface area contributed by atoms with Crippen molar-refractivity contribution in [2.24, 2.45) is 0 Å². The summed E-state index contributed by atoms with van der Waals surface area (Å²) in [5.41, 5.74) is 1.44. The Balaban J connectivity index is 1.99. The topological polar surface area (TPSA) is 12.0 Å². The number of alkyl halides is 1. The normalized spacial score (nSPS) is 15.9. The van der Waals surface area contributed by atoms with Crippen LogP contribution in [0.5, 0.6) is 0 Å². The van der Waals surface area contributed by atoms with Crippen LogP contribution in [0.25, 0.3) is 0 Å². The highest BCUT2D eigenvalue weighted by Gasteiger charge is 1.96. The predicted octanol–water partition coefficient (Wildman–Crippen LogP) is 3.13. The van der Waals surface area contributed by atoms with Crippen molar-refractivity contribution >= 4 is 23.5 Å². The summed E-state index contributed by atoms with van der Waals surface area (Å²) in [7, 11) is 0. The first-order valence-electron chi connectivity index (χ1n) is 4.69. The minimum Gasteiger partial charge on any atom is -0.264 e. The molecule has 0 saturated carbocycles. The first-order chi connectivity index (χ1) is 6.43. The van der Waals surface area contributed by atoms with E-state index in [0.717, 1.165) is 24.6 Å². The van der Waals surface area contributed by atoms with Crippen molar-refractivity contribution in [2.45, 2.75) is 19.3 Å². The zero-order valence-corrected chi connectivity index (χ0v) is 9.33. The van der Waals surface area contributed by atoms with Crippen molar-refractivity contribution in [3.63, 3.8) is 0 Å². The number of hydrogen-bond donors (Lipinski definition) is 1. The molecule has 1 N–H and O–H groups in total. The molecule has 13 heavy (non-hydrogen) atoms. The zero-order chi connectivity index (χ0) is 9.36. The molecule has 0 radical (unpaired) electrons. The van der Waals surface area contributed by atoms with E-state index in [-0.39, 0.29) is 0 Å². The van der Waals surface area contributed by atoms with Gasteiger partial charge in [-0.2, -0.15) is 0 Å². The Labute approximate surface area is 89.8 Å². The smallest absolute Gasteiger partial charge is 0.0327 e. The lowest BCUT2D eigenvalue weighted by molar-refractivity contribution is 0.883. The van der Waals surface area contributed by atoms with Gasteiger partial charge in [0.15, 0.2) is 0 Å². The van der Waals surface area contributed by atoms with E-state index in [4.69, 9.17) is 11.6 Å². The fourth-order valence-electron chi connectivity index (χ4n) is 1.12. The van der Waals surface area contributed by atoms with Crippen LogP contribution in [-0.2, 0) is 0 Å². The summed E-state index contributed by atoms with van der Waals surface area (Å²) < 4.78 is 3.29. The van der Waals surface area contributed by atoms with Crippen LogP contribution < -0.4 is 4.72 Å². The fraction of sp³-hybridized carbons (Fsp3) is 0.600. The number of allylic oxidation sites excluding steroid dienone is 3. The second-order valence-corrected chi connectivity index (χ2v) is 4.23. The van der Waals surface area contributed by atoms with Gasteiger partial charge in [-0.15, -0.1) is 11.6 Å². The molecular formula is C10H16ClNS. The Morgan fingerprint density at radius 3 is 3.08 bits per heavy atom. The summed E-state index contributed by atoms with van der Waals surface area (Å²) in [6, 6.07) is 0. The first-order valence-corrected chi connectivity index (χ1v) is 6.21. The van der Waals surface area contributed by atoms with Crippen molar-refractivity contribution < 1.29 is 0 Å². The average molecular weight is 218 g/mol. The molecule has 0 unspecified atom stereocenters. The van der Waals surface area contributed by atoms with Gasteiger partial charge in [-0.3, -0.25) is 4.72 Å². The number of hydrogen-bond acceptors (Lipinski definition) is 2. The van der Waals surface area contributed by atoms with Gasteiger partial charge in [0.2, 0.25) is 0 Å². The van der Waals surface area contributed by atoms with Gasteiger partial charge in [0, 0.05) is 18.2 Å². The van der Waals surface area contributed by atoms with E-state index in [2.05, 4.69) is 23.0 Å². The molecule has 0 saturated heterocycles. The lowest BCUT2D eigenvalue weighted by atomic mass is 10.1. The van der Waals surface area contributed by atoms with Gasteiger partial charge in [-0.05, 0) is 24.8 Å². The van der Waals surface area contributed by atoms with Crippen LogP contribution in [0.2, 0.25) is 0 Å². The van der Waals surface area contributed by atoms with E-state index in [0.29, 0.717) is 0 Å². The van der Waals surface area contributed by atoms with E-state index in [1.165, 1.54) is 18.4 Å². The second-order valence-electron chi connectivity index (χ2n) is 2.98. The van der Waals surface area contributed by atoms with Crippen molar-refractivity contribution in [1.29, 1.82) is 0 Å². The van der Waals surface area contributed by atoms with Crippen molar-refractivity contribution in [3.05, 3.63) is 23.8 Å². The molecule has 0 aromatic rings. The minimum atomic E-state index is 0.746. The summed E-state index contributed by atoms with van der Waals surface area (Å²) in [6.07, 6.45) is 10.2. The van der Waals surface area contributed by atoms with Crippen molar-refractivity contribution in [2.75, 3.05) is 18.2 Å². The Hall–Kier alpha value is 0.0800. The maximum atomic E-state index is 5.56. The maximum Gasteiger partial charge on any atom is 0.0327 e.